The lowest BCUT2D eigenvalue weighted by molar-refractivity contribution is 0.416. The number of aromatic nitrogens is 4. The van der Waals surface area contributed by atoms with Crippen LogP contribution in [0.1, 0.15) is 11.4 Å². The van der Waals surface area contributed by atoms with Gasteiger partial charge in [0.1, 0.15) is 5.75 Å². The highest BCUT2D eigenvalue weighted by molar-refractivity contribution is 5.58. The molecule has 6 heteroatoms. The SMILES string of the molecule is COc1ccc(C)cc1NCc1nnnn1-c1ccccc1. The molecule has 3 rings (SSSR count). The van der Waals surface area contributed by atoms with Gasteiger partial charge in [-0.1, -0.05) is 24.3 Å². The summed E-state index contributed by atoms with van der Waals surface area (Å²) in [6.45, 7) is 2.54. The van der Waals surface area contributed by atoms with Crippen LogP contribution in [0.15, 0.2) is 48.5 Å². The number of tetrazole rings is 1. The summed E-state index contributed by atoms with van der Waals surface area (Å²) in [6, 6.07) is 15.8. The van der Waals surface area contributed by atoms with Crippen molar-refractivity contribution in [3.8, 4) is 11.4 Å². The first-order valence-electron chi connectivity index (χ1n) is 6.99. The number of nitrogens with one attached hydrogen (secondary N) is 1. The maximum atomic E-state index is 5.36. The highest BCUT2D eigenvalue weighted by atomic mass is 16.5. The van der Waals surface area contributed by atoms with Crippen molar-refractivity contribution in [2.75, 3.05) is 12.4 Å². The molecule has 0 atom stereocenters. The molecule has 0 aliphatic heterocycles. The zero-order chi connectivity index (χ0) is 15.4. The average Bonchev–Trinajstić information content (AvgIpc) is 3.02. The third kappa shape index (κ3) is 2.90. The van der Waals surface area contributed by atoms with Crippen molar-refractivity contribution >= 4 is 5.69 Å². The van der Waals surface area contributed by atoms with Crippen LogP contribution in [0.4, 0.5) is 5.69 Å². The van der Waals surface area contributed by atoms with Crippen molar-refractivity contribution in [2.24, 2.45) is 0 Å². The molecular formula is C16H17N5O. The number of rotatable bonds is 5. The summed E-state index contributed by atoms with van der Waals surface area (Å²) in [5.74, 6) is 1.53. The molecule has 1 aromatic heterocycles. The monoisotopic (exact) mass is 295 g/mol. The van der Waals surface area contributed by atoms with Gasteiger partial charge in [0.25, 0.3) is 0 Å². The summed E-state index contributed by atoms with van der Waals surface area (Å²) in [5.41, 5.74) is 3.01. The second-order valence-electron chi connectivity index (χ2n) is 4.90. The number of aryl methyl sites for hydroxylation is 1. The van der Waals surface area contributed by atoms with Crippen LogP contribution in [-0.4, -0.2) is 27.3 Å². The van der Waals surface area contributed by atoms with Crippen LogP contribution in [0.2, 0.25) is 0 Å². The van der Waals surface area contributed by atoms with Gasteiger partial charge < -0.3 is 10.1 Å². The molecule has 0 spiro atoms. The summed E-state index contributed by atoms with van der Waals surface area (Å²) in [7, 11) is 1.66. The number of hydrogen-bond acceptors (Lipinski definition) is 5. The van der Waals surface area contributed by atoms with E-state index in [2.05, 4.69) is 20.8 Å². The van der Waals surface area contributed by atoms with Crippen LogP contribution in [0.5, 0.6) is 5.75 Å². The molecule has 0 radical (unpaired) electrons. The lowest BCUT2D eigenvalue weighted by atomic mass is 10.2. The van der Waals surface area contributed by atoms with E-state index in [1.165, 1.54) is 0 Å². The Morgan fingerprint density at radius 2 is 1.95 bits per heavy atom. The van der Waals surface area contributed by atoms with Crippen molar-refractivity contribution in [1.29, 1.82) is 0 Å². The third-order valence-corrected chi connectivity index (χ3v) is 3.33. The largest absolute Gasteiger partial charge is 0.495 e. The van der Waals surface area contributed by atoms with Gasteiger partial charge in [0.2, 0.25) is 0 Å². The summed E-state index contributed by atoms with van der Waals surface area (Å²) in [4.78, 5) is 0. The van der Waals surface area contributed by atoms with Gasteiger partial charge in [-0.15, -0.1) is 5.10 Å². The molecule has 0 bridgehead atoms. The van der Waals surface area contributed by atoms with Gasteiger partial charge >= 0.3 is 0 Å². The molecule has 6 nitrogen and oxygen atoms in total. The smallest absolute Gasteiger partial charge is 0.175 e. The van der Waals surface area contributed by atoms with Gasteiger partial charge in [0, 0.05) is 0 Å². The van der Waals surface area contributed by atoms with Crippen LogP contribution >= 0.6 is 0 Å². The number of methoxy groups -OCH3 is 1. The minimum Gasteiger partial charge on any atom is -0.495 e. The second-order valence-corrected chi connectivity index (χ2v) is 4.90. The van der Waals surface area contributed by atoms with Gasteiger partial charge in [-0.3, -0.25) is 0 Å². The van der Waals surface area contributed by atoms with E-state index in [1.807, 2.05) is 55.5 Å². The fourth-order valence-electron chi connectivity index (χ4n) is 2.22. The summed E-state index contributed by atoms with van der Waals surface area (Å²) in [5, 5.41) is 15.2. The highest BCUT2D eigenvalue weighted by Gasteiger charge is 2.09. The van der Waals surface area contributed by atoms with Crippen LogP contribution in [0, 0.1) is 6.92 Å². The first-order chi connectivity index (χ1) is 10.8. The van der Waals surface area contributed by atoms with E-state index in [1.54, 1.807) is 11.8 Å². The molecule has 0 amide bonds. The van der Waals surface area contributed by atoms with Crippen LogP contribution in [-0.2, 0) is 6.54 Å². The Bertz CT molecular complexity index is 754. The highest BCUT2D eigenvalue weighted by Crippen LogP contribution is 2.25. The van der Waals surface area contributed by atoms with E-state index < -0.39 is 0 Å². The molecule has 2 aromatic carbocycles. The molecule has 0 unspecified atom stereocenters. The lowest BCUT2D eigenvalue weighted by Crippen LogP contribution is -2.09. The normalized spacial score (nSPS) is 10.5. The molecule has 0 aliphatic rings. The molecule has 3 aromatic rings. The van der Waals surface area contributed by atoms with Crippen molar-refractivity contribution in [1.82, 2.24) is 20.2 Å². The summed E-state index contributed by atoms with van der Waals surface area (Å²) in [6.07, 6.45) is 0. The Morgan fingerprint density at radius 1 is 1.14 bits per heavy atom. The summed E-state index contributed by atoms with van der Waals surface area (Å²) < 4.78 is 7.08. The van der Waals surface area contributed by atoms with Crippen LogP contribution in [0.25, 0.3) is 5.69 Å². The van der Waals surface area contributed by atoms with Crippen molar-refractivity contribution in [2.45, 2.75) is 13.5 Å². The van der Waals surface area contributed by atoms with Crippen molar-refractivity contribution < 1.29 is 4.74 Å². The lowest BCUT2D eigenvalue weighted by Gasteiger charge is -2.11. The first-order valence-corrected chi connectivity index (χ1v) is 6.99. The molecule has 0 fully saturated rings. The van der Waals surface area contributed by atoms with E-state index in [-0.39, 0.29) is 0 Å². The van der Waals surface area contributed by atoms with E-state index in [0.717, 1.165) is 28.5 Å². The predicted octanol–water partition coefficient (Wildman–Crippen LogP) is 2.59. The zero-order valence-corrected chi connectivity index (χ0v) is 12.5. The van der Waals surface area contributed by atoms with E-state index in [9.17, 15) is 0 Å². The minimum atomic E-state index is 0.502. The third-order valence-electron chi connectivity index (χ3n) is 3.33. The maximum Gasteiger partial charge on any atom is 0.175 e. The number of ether oxygens (including phenoxy) is 1. The zero-order valence-electron chi connectivity index (χ0n) is 12.5. The van der Waals surface area contributed by atoms with Gasteiger partial charge in [0.15, 0.2) is 5.82 Å². The number of para-hydroxylation sites is 1. The quantitative estimate of drug-likeness (QED) is 0.783. The summed E-state index contributed by atoms with van der Waals surface area (Å²) >= 11 is 0. The van der Waals surface area contributed by atoms with Gasteiger partial charge in [-0.05, 0) is 47.2 Å². The molecule has 0 saturated carbocycles. The standard InChI is InChI=1S/C16H17N5O/c1-12-8-9-15(22-2)14(10-12)17-11-16-18-19-20-21(16)13-6-4-3-5-7-13/h3-10,17H,11H2,1-2H3. The molecule has 112 valence electrons. The molecule has 0 saturated heterocycles. The fraction of sp³-hybridized carbons (Fsp3) is 0.188. The Hall–Kier alpha value is -2.89. The topological polar surface area (TPSA) is 64.9 Å². The van der Waals surface area contributed by atoms with Gasteiger partial charge in [-0.25, -0.2) is 0 Å². The Labute approximate surface area is 128 Å². The van der Waals surface area contributed by atoms with Gasteiger partial charge in [0.05, 0.1) is 25.0 Å². The fourth-order valence-corrected chi connectivity index (χ4v) is 2.22. The number of benzene rings is 2. The Kier molecular flexibility index (Phi) is 4.00. The maximum absolute atomic E-state index is 5.36. The van der Waals surface area contributed by atoms with E-state index in [0.29, 0.717) is 6.54 Å². The molecular weight excluding hydrogens is 278 g/mol. The van der Waals surface area contributed by atoms with E-state index in [4.69, 9.17) is 4.74 Å². The predicted molar refractivity (Wildman–Crippen MR) is 84.2 cm³/mol. The molecule has 1 heterocycles. The van der Waals surface area contributed by atoms with Crippen molar-refractivity contribution in [3.05, 3.63) is 59.9 Å². The van der Waals surface area contributed by atoms with Crippen LogP contribution in [0.3, 0.4) is 0 Å². The van der Waals surface area contributed by atoms with E-state index >= 15 is 0 Å². The van der Waals surface area contributed by atoms with Crippen LogP contribution < -0.4 is 10.1 Å². The minimum absolute atomic E-state index is 0.502. The van der Waals surface area contributed by atoms with Crippen molar-refractivity contribution in [3.63, 3.8) is 0 Å². The first kappa shape index (κ1) is 14.1. The number of anilines is 1. The Balaban J connectivity index is 1.81. The molecule has 0 aliphatic carbocycles. The molecule has 22 heavy (non-hydrogen) atoms. The van der Waals surface area contributed by atoms with Gasteiger partial charge in [-0.2, -0.15) is 4.68 Å². The second kappa shape index (κ2) is 6.26. The average molecular weight is 295 g/mol. The number of hydrogen-bond donors (Lipinski definition) is 1. The molecule has 1 N–H and O–H groups in total. The number of nitrogens with zero attached hydrogens (tertiary/aromatic N) is 4. The Morgan fingerprint density at radius 3 is 2.73 bits per heavy atom.